The second-order valence-electron chi connectivity index (χ2n) is 2.07. The van der Waals surface area contributed by atoms with E-state index >= 15 is 0 Å². The molecule has 46 valence electrons. The van der Waals surface area contributed by atoms with Gasteiger partial charge in [0, 0.05) is 4.87 Å². The largest absolute Gasteiger partial charge is 0.197 e. The summed E-state index contributed by atoms with van der Waals surface area (Å²) < 4.78 is 0. The first kappa shape index (κ1) is 10.6. The van der Waals surface area contributed by atoms with Crippen LogP contribution in [0.15, 0.2) is 0 Å². The molecule has 0 spiro atoms. The first-order chi connectivity index (χ1) is 2.56. The van der Waals surface area contributed by atoms with E-state index in [9.17, 15) is 0 Å². The molecule has 0 aliphatic carbocycles. The zero-order valence-corrected chi connectivity index (χ0v) is 6.84. The number of hydrogen-bond acceptors (Lipinski definition) is 0. The maximum atomic E-state index is 5.72. The van der Waals surface area contributed by atoms with Crippen LogP contribution < -0.4 is 0 Å². The molecule has 0 aliphatic heterocycles. The van der Waals surface area contributed by atoms with Gasteiger partial charge in [-0.3, -0.25) is 0 Å². The molecule has 0 aliphatic rings. The molecule has 0 N–H and O–H groups in total. The third-order valence-electron chi connectivity index (χ3n) is 0.841. The van der Waals surface area contributed by atoms with Crippen molar-refractivity contribution in [1.29, 1.82) is 0 Å². The fourth-order valence-electron chi connectivity index (χ4n) is 0. The van der Waals surface area contributed by atoms with Gasteiger partial charge in [0.05, 0.1) is 0 Å². The van der Waals surface area contributed by atoms with Gasteiger partial charge < -0.3 is 0 Å². The fourth-order valence-corrected chi connectivity index (χ4v) is 0. The SMILES string of the molecule is CCC(C)(C)Cl.S. The van der Waals surface area contributed by atoms with Gasteiger partial charge >= 0.3 is 0 Å². The highest BCUT2D eigenvalue weighted by Crippen LogP contribution is 2.15. The van der Waals surface area contributed by atoms with Crippen molar-refractivity contribution in [2.45, 2.75) is 32.1 Å². The van der Waals surface area contributed by atoms with Crippen LogP contribution in [0.4, 0.5) is 0 Å². The van der Waals surface area contributed by atoms with Gasteiger partial charge in [0.2, 0.25) is 0 Å². The molecule has 0 saturated heterocycles. The minimum Gasteiger partial charge on any atom is -0.197 e. The Hall–Kier alpha value is 0.640. The summed E-state index contributed by atoms with van der Waals surface area (Å²) in [7, 11) is 0. The highest BCUT2D eigenvalue weighted by molar-refractivity contribution is 7.59. The maximum Gasteiger partial charge on any atom is 0.0388 e. The van der Waals surface area contributed by atoms with Crippen LogP contribution in [0.2, 0.25) is 0 Å². The molecule has 0 fully saturated rings. The summed E-state index contributed by atoms with van der Waals surface area (Å²) in [5.41, 5.74) is 0. The maximum absolute atomic E-state index is 5.72. The predicted octanol–water partition coefficient (Wildman–Crippen LogP) is 2.53. The Kier molecular flexibility index (Phi) is 5.47. The van der Waals surface area contributed by atoms with Crippen molar-refractivity contribution in [3.05, 3.63) is 0 Å². The third-order valence-corrected chi connectivity index (χ3v) is 1.11. The van der Waals surface area contributed by atoms with Crippen molar-refractivity contribution >= 4 is 25.1 Å². The average Bonchev–Trinajstić information content (AvgIpc) is 1.35. The smallest absolute Gasteiger partial charge is 0.0388 e. The van der Waals surface area contributed by atoms with E-state index in [1.54, 1.807) is 0 Å². The summed E-state index contributed by atoms with van der Waals surface area (Å²) >= 11 is 5.72. The first-order valence-corrected chi connectivity index (χ1v) is 2.63. The Labute approximate surface area is 57.7 Å². The molecule has 0 aromatic carbocycles. The summed E-state index contributed by atoms with van der Waals surface area (Å²) in [5, 5.41) is 0. The third kappa shape index (κ3) is 10.8. The van der Waals surface area contributed by atoms with Gasteiger partial charge in [0.1, 0.15) is 0 Å². The standard InChI is InChI=1S/C5H11Cl.H2S/c1-4-5(2,3)6;/h4H2,1-3H3;1H2. The molecule has 0 atom stereocenters. The lowest BCUT2D eigenvalue weighted by atomic mass is 10.1. The van der Waals surface area contributed by atoms with E-state index in [2.05, 4.69) is 6.92 Å². The second-order valence-corrected chi connectivity index (χ2v) is 3.10. The van der Waals surface area contributed by atoms with Crippen molar-refractivity contribution in [3.63, 3.8) is 0 Å². The van der Waals surface area contributed by atoms with Crippen molar-refractivity contribution in [2.75, 3.05) is 0 Å². The molecule has 0 amide bonds. The first-order valence-electron chi connectivity index (χ1n) is 2.25. The highest BCUT2D eigenvalue weighted by atomic mass is 35.5. The van der Waals surface area contributed by atoms with Crippen LogP contribution in [0.5, 0.6) is 0 Å². The Morgan fingerprint density at radius 3 is 1.57 bits per heavy atom. The van der Waals surface area contributed by atoms with E-state index < -0.39 is 0 Å². The van der Waals surface area contributed by atoms with Crippen molar-refractivity contribution in [1.82, 2.24) is 0 Å². The number of alkyl halides is 1. The Morgan fingerprint density at radius 2 is 1.57 bits per heavy atom. The summed E-state index contributed by atoms with van der Waals surface area (Å²) in [6.07, 6.45) is 1.04. The Bertz CT molecular complexity index is 37.8. The van der Waals surface area contributed by atoms with Gasteiger partial charge in [-0.15, -0.1) is 11.6 Å². The zero-order chi connectivity index (χ0) is 5.21. The van der Waals surface area contributed by atoms with E-state index in [0.29, 0.717) is 0 Å². The molecule has 2 heteroatoms. The van der Waals surface area contributed by atoms with Crippen molar-refractivity contribution in [3.8, 4) is 0 Å². The quantitative estimate of drug-likeness (QED) is 0.491. The van der Waals surface area contributed by atoms with Crippen LogP contribution in [0.1, 0.15) is 27.2 Å². The van der Waals surface area contributed by atoms with Gasteiger partial charge in [-0.25, -0.2) is 0 Å². The topological polar surface area (TPSA) is 0 Å². The molecule has 7 heavy (non-hydrogen) atoms. The minimum atomic E-state index is 0. The van der Waals surface area contributed by atoms with Gasteiger partial charge in [-0.1, -0.05) is 6.92 Å². The summed E-state index contributed by atoms with van der Waals surface area (Å²) in [4.78, 5) is 0.0139. The average molecular weight is 141 g/mol. The van der Waals surface area contributed by atoms with Gasteiger partial charge in [0.15, 0.2) is 0 Å². The molecule has 0 radical (unpaired) electrons. The van der Waals surface area contributed by atoms with Crippen LogP contribution in [0, 0.1) is 0 Å². The number of rotatable bonds is 1. The molecule has 0 heterocycles. The van der Waals surface area contributed by atoms with E-state index in [0.717, 1.165) is 6.42 Å². The second kappa shape index (κ2) is 3.62. The molecule has 0 bridgehead atoms. The van der Waals surface area contributed by atoms with Gasteiger partial charge in [-0.2, -0.15) is 13.5 Å². The molecule has 0 unspecified atom stereocenters. The van der Waals surface area contributed by atoms with Crippen LogP contribution >= 0.6 is 25.1 Å². The van der Waals surface area contributed by atoms with Gasteiger partial charge in [-0.05, 0) is 20.3 Å². The van der Waals surface area contributed by atoms with Crippen LogP contribution in [-0.2, 0) is 0 Å². The highest BCUT2D eigenvalue weighted by Gasteiger charge is 2.06. The van der Waals surface area contributed by atoms with Crippen LogP contribution in [0.25, 0.3) is 0 Å². The fraction of sp³-hybridized carbons (Fsp3) is 1.00. The van der Waals surface area contributed by atoms with E-state index in [1.807, 2.05) is 13.8 Å². The summed E-state index contributed by atoms with van der Waals surface area (Å²) in [6.45, 7) is 6.09. The Morgan fingerprint density at radius 1 is 1.43 bits per heavy atom. The van der Waals surface area contributed by atoms with Crippen molar-refractivity contribution < 1.29 is 0 Å². The Balaban J connectivity index is 0. The molecule has 0 rings (SSSR count). The minimum absolute atomic E-state index is 0. The molecule has 0 aromatic heterocycles. The van der Waals surface area contributed by atoms with Gasteiger partial charge in [0.25, 0.3) is 0 Å². The number of halogens is 1. The molecular weight excluding hydrogens is 128 g/mol. The zero-order valence-electron chi connectivity index (χ0n) is 5.09. The molecule has 0 aromatic rings. The van der Waals surface area contributed by atoms with E-state index in [-0.39, 0.29) is 18.4 Å². The lowest BCUT2D eigenvalue weighted by Crippen LogP contribution is -2.05. The monoisotopic (exact) mass is 140 g/mol. The summed E-state index contributed by atoms with van der Waals surface area (Å²) in [6, 6.07) is 0. The molecular formula is C5H13ClS. The molecule has 0 nitrogen and oxygen atoms in total. The number of hydrogen-bond donors (Lipinski definition) is 0. The lowest BCUT2D eigenvalue weighted by molar-refractivity contribution is 0.671. The van der Waals surface area contributed by atoms with Crippen LogP contribution in [-0.4, -0.2) is 4.87 Å². The summed E-state index contributed by atoms with van der Waals surface area (Å²) in [5.74, 6) is 0. The molecule has 0 saturated carbocycles. The normalized spacial score (nSPS) is 10.3. The van der Waals surface area contributed by atoms with Crippen LogP contribution in [0.3, 0.4) is 0 Å². The van der Waals surface area contributed by atoms with Crippen molar-refractivity contribution in [2.24, 2.45) is 0 Å². The van der Waals surface area contributed by atoms with E-state index in [1.165, 1.54) is 0 Å². The predicted molar refractivity (Wildman–Crippen MR) is 40.6 cm³/mol. The van der Waals surface area contributed by atoms with E-state index in [4.69, 9.17) is 11.6 Å². The lowest BCUT2D eigenvalue weighted by Gasteiger charge is -2.09.